The maximum absolute atomic E-state index is 10.4. The molecule has 3 aromatic heterocycles. The number of aliphatic hydroxyl groups excluding tert-OH is 3. The highest BCUT2D eigenvalue weighted by atomic mass is 16.6. The van der Waals surface area contributed by atoms with Crippen LogP contribution in [0.4, 0.5) is 5.82 Å². The van der Waals surface area contributed by atoms with Gasteiger partial charge in [-0.1, -0.05) is 0 Å². The van der Waals surface area contributed by atoms with Gasteiger partial charge in [0.25, 0.3) is 0 Å². The Hall–Kier alpha value is -2.66. The molecule has 0 aliphatic carbocycles. The van der Waals surface area contributed by atoms with Crippen LogP contribution in [0.1, 0.15) is 6.23 Å². The van der Waals surface area contributed by atoms with Crippen molar-refractivity contribution in [1.82, 2.24) is 24.5 Å². The molecule has 10 heteroatoms. The van der Waals surface area contributed by atoms with Crippen molar-refractivity contribution in [2.45, 2.75) is 24.5 Å². The monoisotopic (exact) mass is 344 g/mol. The lowest BCUT2D eigenvalue weighted by Crippen LogP contribution is -2.33. The minimum atomic E-state index is -1.27. The number of pyridine rings is 1. The number of aliphatic hydroxyl groups is 3. The quantitative estimate of drug-likeness (QED) is 0.472. The molecule has 0 unspecified atom stereocenters. The smallest absolute Gasteiger partial charge is 0.168 e. The number of hydrogen-bond acceptors (Lipinski definition) is 9. The third kappa shape index (κ3) is 2.43. The van der Waals surface area contributed by atoms with Crippen LogP contribution in [0.5, 0.6) is 0 Å². The molecule has 1 fully saturated rings. The van der Waals surface area contributed by atoms with E-state index in [0.29, 0.717) is 22.6 Å². The van der Waals surface area contributed by atoms with E-state index in [4.69, 9.17) is 10.5 Å². The summed E-state index contributed by atoms with van der Waals surface area (Å²) >= 11 is 0. The first kappa shape index (κ1) is 15.8. The summed E-state index contributed by atoms with van der Waals surface area (Å²) in [6, 6.07) is 3.48. The highest BCUT2D eigenvalue weighted by Crippen LogP contribution is 2.36. The molecule has 0 radical (unpaired) electrons. The molecule has 4 atom stereocenters. The molecule has 0 bridgehead atoms. The van der Waals surface area contributed by atoms with Crippen molar-refractivity contribution in [2.24, 2.45) is 0 Å². The Morgan fingerprint density at radius 2 is 1.92 bits per heavy atom. The number of rotatable bonds is 3. The van der Waals surface area contributed by atoms with E-state index in [1.807, 2.05) is 0 Å². The molecular weight excluding hydrogens is 328 g/mol. The van der Waals surface area contributed by atoms with Gasteiger partial charge in [-0.05, 0) is 12.1 Å². The summed E-state index contributed by atoms with van der Waals surface area (Å²) in [7, 11) is 0. The van der Waals surface area contributed by atoms with Gasteiger partial charge in [-0.25, -0.2) is 15.0 Å². The number of ether oxygens (including phenoxy) is 1. The van der Waals surface area contributed by atoms with Crippen molar-refractivity contribution < 1.29 is 20.1 Å². The number of hydrogen-bond donors (Lipinski definition) is 4. The van der Waals surface area contributed by atoms with E-state index in [-0.39, 0.29) is 5.82 Å². The Bertz CT molecular complexity index is 902. The largest absolute Gasteiger partial charge is 0.394 e. The normalized spacial score (nSPS) is 26.4. The molecule has 3 aromatic rings. The summed E-state index contributed by atoms with van der Waals surface area (Å²) < 4.78 is 7.19. The number of imidazole rings is 1. The van der Waals surface area contributed by atoms with Gasteiger partial charge in [-0.15, -0.1) is 0 Å². The van der Waals surface area contributed by atoms with Crippen LogP contribution in [-0.4, -0.2) is 64.7 Å². The number of nitrogen functional groups attached to an aromatic ring is 1. The zero-order valence-corrected chi connectivity index (χ0v) is 13.0. The predicted octanol–water partition coefficient (Wildman–Crippen LogP) is -0.918. The zero-order chi connectivity index (χ0) is 17.6. The third-order valence-electron chi connectivity index (χ3n) is 4.22. The zero-order valence-electron chi connectivity index (χ0n) is 13.0. The fourth-order valence-corrected chi connectivity index (χ4v) is 2.97. The molecule has 10 nitrogen and oxygen atoms in total. The van der Waals surface area contributed by atoms with Crippen LogP contribution in [0.3, 0.4) is 0 Å². The first-order valence-electron chi connectivity index (χ1n) is 7.63. The average Bonchev–Trinajstić information content (AvgIpc) is 3.15. The highest BCUT2D eigenvalue weighted by Gasteiger charge is 2.45. The van der Waals surface area contributed by atoms with Crippen LogP contribution in [0.15, 0.2) is 30.9 Å². The molecule has 1 saturated heterocycles. The Morgan fingerprint density at radius 1 is 1.16 bits per heavy atom. The molecule has 0 spiro atoms. The molecule has 4 rings (SSSR count). The topological polar surface area (TPSA) is 152 Å². The van der Waals surface area contributed by atoms with Gasteiger partial charge in [0.05, 0.1) is 6.61 Å². The number of nitrogens with zero attached hydrogens (tertiary/aromatic N) is 5. The summed E-state index contributed by atoms with van der Waals surface area (Å²) in [6.07, 6.45) is 0.0734. The Morgan fingerprint density at radius 3 is 2.60 bits per heavy atom. The van der Waals surface area contributed by atoms with Crippen LogP contribution >= 0.6 is 0 Å². The molecule has 0 amide bonds. The minimum absolute atomic E-state index is 0.186. The van der Waals surface area contributed by atoms with Crippen molar-refractivity contribution in [1.29, 1.82) is 0 Å². The predicted molar refractivity (Wildman–Crippen MR) is 86.0 cm³/mol. The lowest BCUT2D eigenvalue weighted by molar-refractivity contribution is -0.0503. The van der Waals surface area contributed by atoms with E-state index < -0.39 is 31.1 Å². The molecule has 130 valence electrons. The summed E-state index contributed by atoms with van der Waals surface area (Å²) in [6.45, 7) is -0.428. The van der Waals surface area contributed by atoms with Gasteiger partial charge in [-0.2, -0.15) is 0 Å². The summed E-state index contributed by atoms with van der Waals surface area (Å²) in [5.74, 6) is 0.616. The third-order valence-corrected chi connectivity index (χ3v) is 4.22. The summed E-state index contributed by atoms with van der Waals surface area (Å²) in [4.78, 5) is 16.6. The molecule has 1 aliphatic heterocycles. The number of anilines is 1. The molecule has 0 aromatic carbocycles. The first-order valence-corrected chi connectivity index (χ1v) is 7.63. The SMILES string of the molecule is Nc1ncnc2c1nc(-c1ccncc1)n2[C@@H]1O[C@H](CO)[C@@H](O)[C@H]1O. The Labute approximate surface area is 141 Å². The second-order valence-corrected chi connectivity index (χ2v) is 5.70. The van der Waals surface area contributed by atoms with E-state index >= 15 is 0 Å². The van der Waals surface area contributed by atoms with E-state index in [1.165, 1.54) is 6.33 Å². The molecular formula is C15H16N6O4. The second kappa shape index (κ2) is 6.01. The van der Waals surface area contributed by atoms with Crippen LogP contribution < -0.4 is 5.73 Å². The number of nitrogens with two attached hydrogens (primary N) is 1. The maximum Gasteiger partial charge on any atom is 0.168 e. The van der Waals surface area contributed by atoms with E-state index in [9.17, 15) is 15.3 Å². The highest BCUT2D eigenvalue weighted by molar-refractivity contribution is 5.85. The Kier molecular flexibility index (Phi) is 3.81. The fourth-order valence-electron chi connectivity index (χ4n) is 2.97. The lowest BCUT2D eigenvalue weighted by Gasteiger charge is -2.19. The van der Waals surface area contributed by atoms with Gasteiger partial charge in [0, 0.05) is 18.0 Å². The second-order valence-electron chi connectivity index (χ2n) is 5.70. The van der Waals surface area contributed by atoms with E-state index in [2.05, 4.69) is 19.9 Å². The van der Waals surface area contributed by atoms with Crippen LogP contribution in [0, 0.1) is 0 Å². The first-order chi connectivity index (χ1) is 12.1. The van der Waals surface area contributed by atoms with Gasteiger partial charge in [0.1, 0.15) is 30.5 Å². The van der Waals surface area contributed by atoms with Gasteiger partial charge < -0.3 is 25.8 Å². The lowest BCUT2D eigenvalue weighted by atomic mass is 10.1. The van der Waals surface area contributed by atoms with Gasteiger partial charge in [0.15, 0.2) is 23.2 Å². The van der Waals surface area contributed by atoms with Crippen LogP contribution in [-0.2, 0) is 4.74 Å². The Balaban J connectivity index is 1.94. The van der Waals surface area contributed by atoms with Crippen molar-refractivity contribution in [2.75, 3.05) is 12.3 Å². The standard InChI is InChI=1S/C15H16N6O4/c16-12-9-14(19-6-18-12)21(13(20-9)7-1-3-17-4-2-7)15-11(24)10(23)8(5-22)25-15/h1-4,6,8,10-11,15,22-24H,5H2,(H2,16,18,19)/t8-,10-,11-,15-/m1/s1. The van der Waals surface area contributed by atoms with Crippen LogP contribution in [0.25, 0.3) is 22.6 Å². The molecule has 4 heterocycles. The van der Waals surface area contributed by atoms with Crippen molar-refractivity contribution in [3.8, 4) is 11.4 Å². The average molecular weight is 344 g/mol. The van der Waals surface area contributed by atoms with Crippen molar-refractivity contribution in [3.63, 3.8) is 0 Å². The summed E-state index contributed by atoms with van der Waals surface area (Å²) in [5, 5.41) is 29.8. The summed E-state index contributed by atoms with van der Waals surface area (Å²) in [5.41, 5.74) is 7.31. The fraction of sp³-hybridized carbons (Fsp3) is 0.333. The number of fused-ring (bicyclic) bond motifs is 1. The van der Waals surface area contributed by atoms with Crippen molar-refractivity contribution >= 4 is 17.0 Å². The molecule has 1 aliphatic rings. The van der Waals surface area contributed by atoms with Gasteiger partial charge >= 0.3 is 0 Å². The minimum Gasteiger partial charge on any atom is -0.394 e. The molecule has 5 N–H and O–H groups in total. The van der Waals surface area contributed by atoms with E-state index in [1.54, 1.807) is 29.1 Å². The van der Waals surface area contributed by atoms with E-state index in [0.717, 1.165) is 0 Å². The van der Waals surface area contributed by atoms with Gasteiger partial charge in [0.2, 0.25) is 0 Å². The number of aromatic nitrogens is 5. The van der Waals surface area contributed by atoms with Gasteiger partial charge in [-0.3, -0.25) is 9.55 Å². The van der Waals surface area contributed by atoms with Crippen molar-refractivity contribution in [3.05, 3.63) is 30.9 Å². The molecule has 0 saturated carbocycles. The van der Waals surface area contributed by atoms with Crippen LogP contribution in [0.2, 0.25) is 0 Å². The maximum atomic E-state index is 10.4. The molecule has 25 heavy (non-hydrogen) atoms.